The summed E-state index contributed by atoms with van der Waals surface area (Å²) < 4.78 is 0. The Kier molecular flexibility index (Phi) is 3.95. The van der Waals surface area contributed by atoms with Gasteiger partial charge in [-0.25, -0.2) is 4.90 Å². The smallest absolute Gasteiger partial charge is 0.237 e. The minimum Gasteiger partial charge on any atom is -0.274 e. The molecular weight excluding hydrogens is 409 g/mol. The summed E-state index contributed by atoms with van der Waals surface area (Å²) in [5.74, 6) is -0.734. The lowest BCUT2D eigenvalue weighted by atomic mass is 9.81. The number of hydrogen-bond donors (Lipinski definition) is 0. The molecule has 0 radical (unpaired) electrons. The Bertz CT molecular complexity index is 552. The van der Waals surface area contributed by atoms with E-state index in [0.29, 0.717) is 23.6 Å². The summed E-state index contributed by atoms with van der Waals surface area (Å²) in [6.45, 7) is 0. The van der Waals surface area contributed by atoms with Crippen LogP contribution in [0.1, 0.15) is 12.8 Å². The third-order valence-electron chi connectivity index (χ3n) is 4.00. The molecule has 2 fully saturated rings. The van der Waals surface area contributed by atoms with Gasteiger partial charge in [-0.3, -0.25) is 9.59 Å². The minimum atomic E-state index is -0.239. The summed E-state index contributed by atoms with van der Waals surface area (Å²) in [6, 6.07) is 6.98. The molecule has 1 saturated carbocycles. The second-order valence-corrected chi connectivity index (χ2v) is 7.94. The molecule has 1 saturated heterocycles. The molecule has 2 aliphatic rings. The number of fused-ring (bicyclic) bond motifs is 1. The number of rotatable bonds is 1. The first-order valence-corrected chi connectivity index (χ1v) is 8.62. The first kappa shape index (κ1) is 14.5. The van der Waals surface area contributed by atoms with Crippen molar-refractivity contribution in [3.05, 3.63) is 29.3 Å². The number of halogens is 3. The van der Waals surface area contributed by atoms with E-state index >= 15 is 0 Å². The van der Waals surface area contributed by atoms with Crippen LogP contribution < -0.4 is 4.90 Å². The topological polar surface area (TPSA) is 37.4 Å². The molecule has 0 spiro atoms. The zero-order valence-electron chi connectivity index (χ0n) is 10.4. The van der Waals surface area contributed by atoms with E-state index in [9.17, 15) is 9.59 Å². The average molecular weight is 422 g/mol. The van der Waals surface area contributed by atoms with Crippen LogP contribution in [0.4, 0.5) is 5.69 Å². The normalized spacial score (nSPS) is 33.5. The zero-order valence-corrected chi connectivity index (χ0v) is 14.4. The van der Waals surface area contributed by atoms with Gasteiger partial charge < -0.3 is 0 Å². The van der Waals surface area contributed by atoms with Crippen LogP contribution in [0.25, 0.3) is 0 Å². The molecule has 0 aromatic heterocycles. The van der Waals surface area contributed by atoms with Gasteiger partial charge in [-0.15, -0.1) is 0 Å². The molecule has 1 aromatic carbocycles. The number of nitrogens with zero attached hydrogens (tertiary/aromatic N) is 1. The van der Waals surface area contributed by atoms with Gasteiger partial charge in [-0.05, 0) is 25.0 Å². The third-order valence-corrected chi connectivity index (χ3v) is 7.06. The number of alkyl halides is 2. The van der Waals surface area contributed by atoms with E-state index in [-0.39, 0.29) is 33.3 Å². The number of carbonyl (C=O) groups is 2. The van der Waals surface area contributed by atoms with E-state index < -0.39 is 0 Å². The van der Waals surface area contributed by atoms with Crippen molar-refractivity contribution in [2.45, 2.75) is 22.5 Å². The Morgan fingerprint density at radius 2 is 1.50 bits per heavy atom. The maximum absolute atomic E-state index is 12.6. The summed E-state index contributed by atoms with van der Waals surface area (Å²) in [7, 11) is 0. The Labute approximate surface area is 138 Å². The van der Waals surface area contributed by atoms with Gasteiger partial charge in [0.2, 0.25) is 11.8 Å². The molecule has 2 amide bonds. The Morgan fingerprint density at radius 3 is 2.00 bits per heavy atom. The lowest BCUT2D eigenvalue weighted by Crippen LogP contribution is -2.34. The number of hydrogen-bond acceptors (Lipinski definition) is 2. The second-order valence-electron chi connectivity index (χ2n) is 5.18. The van der Waals surface area contributed by atoms with E-state index in [1.54, 1.807) is 24.3 Å². The molecule has 1 aromatic rings. The average Bonchev–Trinajstić information content (AvgIpc) is 2.64. The van der Waals surface area contributed by atoms with Crippen molar-refractivity contribution in [3.8, 4) is 0 Å². The standard InChI is InChI=1S/C14H12Br2ClNO2/c15-9-5-7-8(6-10(9)16)14(20)18(13(7)19)12-4-2-1-3-11(12)17/h1-4,7-10H,5-6H2/t7-,8+,9-,10-/m1/s1. The number of carbonyl (C=O) groups excluding carboxylic acids is 2. The molecule has 4 atom stereocenters. The summed E-state index contributed by atoms with van der Waals surface area (Å²) in [5.41, 5.74) is 0.496. The Morgan fingerprint density at radius 1 is 1.00 bits per heavy atom. The lowest BCUT2D eigenvalue weighted by molar-refractivity contribution is -0.122. The SMILES string of the molecule is O=C1[C@H]2C[C@@H](Br)[C@H](Br)C[C@H]2C(=O)N1c1ccccc1Cl. The Hall–Kier alpha value is -0.390. The first-order valence-electron chi connectivity index (χ1n) is 6.41. The monoisotopic (exact) mass is 419 g/mol. The first-order chi connectivity index (χ1) is 9.50. The van der Waals surface area contributed by atoms with Crippen LogP contribution in [0.5, 0.6) is 0 Å². The predicted octanol–water partition coefficient (Wildman–Crippen LogP) is 3.77. The highest BCUT2D eigenvalue weighted by molar-refractivity contribution is 9.12. The van der Waals surface area contributed by atoms with Gasteiger partial charge in [0.1, 0.15) is 0 Å². The second kappa shape index (κ2) is 5.43. The molecule has 6 heteroatoms. The van der Waals surface area contributed by atoms with Crippen LogP contribution in [0.2, 0.25) is 5.02 Å². The molecule has 1 aliphatic carbocycles. The summed E-state index contributed by atoms with van der Waals surface area (Å²) in [6.07, 6.45) is 1.35. The van der Waals surface area contributed by atoms with E-state index in [1.165, 1.54) is 4.90 Å². The van der Waals surface area contributed by atoms with Crippen molar-refractivity contribution < 1.29 is 9.59 Å². The van der Waals surface area contributed by atoms with Gasteiger partial charge in [-0.2, -0.15) is 0 Å². The van der Waals surface area contributed by atoms with Crippen molar-refractivity contribution in [2.75, 3.05) is 4.90 Å². The molecule has 3 nitrogen and oxygen atoms in total. The largest absolute Gasteiger partial charge is 0.274 e. The van der Waals surface area contributed by atoms with Crippen LogP contribution in [0.15, 0.2) is 24.3 Å². The predicted molar refractivity (Wildman–Crippen MR) is 85.6 cm³/mol. The summed E-state index contributed by atoms with van der Waals surface area (Å²) in [4.78, 5) is 26.8. The molecule has 0 unspecified atom stereocenters. The third kappa shape index (κ3) is 2.24. The van der Waals surface area contributed by atoms with E-state index in [4.69, 9.17) is 11.6 Å². The van der Waals surface area contributed by atoms with Crippen molar-refractivity contribution in [1.29, 1.82) is 0 Å². The van der Waals surface area contributed by atoms with Gasteiger partial charge in [0.05, 0.1) is 22.5 Å². The molecular formula is C14H12Br2ClNO2. The quantitative estimate of drug-likeness (QED) is 0.511. The highest BCUT2D eigenvalue weighted by atomic mass is 79.9. The number of anilines is 1. The molecule has 1 aliphatic heterocycles. The number of para-hydroxylation sites is 1. The fourth-order valence-electron chi connectivity index (χ4n) is 2.97. The fraction of sp³-hybridized carbons (Fsp3) is 0.429. The van der Waals surface area contributed by atoms with Crippen molar-refractivity contribution in [1.82, 2.24) is 0 Å². The van der Waals surface area contributed by atoms with Crippen LogP contribution in [-0.4, -0.2) is 21.5 Å². The van der Waals surface area contributed by atoms with Crippen LogP contribution >= 0.6 is 43.5 Å². The van der Waals surface area contributed by atoms with Crippen LogP contribution in [0.3, 0.4) is 0 Å². The zero-order chi connectivity index (χ0) is 14.4. The highest BCUT2D eigenvalue weighted by Gasteiger charge is 2.52. The summed E-state index contributed by atoms with van der Waals surface area (Å²) in [5, 5.41) is 0.429. The van der Waals surface area contributed by atoms with Crippen molar-refractivity contribution in [2.24, 2.45) is 11.8 Å². The van der Waals surface area contributed by atoms with Gasteiger partial charge in [0.15, 0.2) is 0 Å². The van der Waals surface area contributed by atoms with Gasteiger partial charge >= 0.3 is 0 Å². The lowest BCUT2D eigenvalue weighted by Gasteiger charge is -2.29. The Balaban J connectivity index is 1.97. The number of imide groups is 1. The number of amides is 2. The van der Waals surface area contributed by atoms with Crippen LogP contribution in [0, 0.1) is 11.8 Å². The van der Waals surface area contributed by atoms with E-state index in [1.807, 2.05) is 0 Å². The van der Waals surface area contributed by atoms with Crippen molar-refractivity contribution >= 4 is 61.0 Å². The summed E-state index contributed by atoms with van der Waals surface area (Å²) >= 11 is 13.3. The minimum absolute atomic E-state index is 0.128. The van der Waals surface area contributed by atoms with E-state index in [2.05, 4.69) is 31.9 Å². The maximum Gasteiger partial charge on any atom is 0.237 e. The molecule has 106 valence electrons. The molecule has 3 rings (SSSR count). The van der Waals surface area contributed by atoms with Gasteiger partial charge in [-0.1, -0.05) is 55.6 Å². The number of benzene rings is 1. The molecule has 0 N–H and O–H groups in total. The fourth-order valence-corrected chi connectivity index (χ4v) is 4.42. The van der Waals surface area contributed by atoms with Gasteiger partial charge in [0, 0.05) is 9.65 Å². The molecule has 0 bridgehead atoms. The van der Waals surface area contributed by atoms with Crippen molar-refractivity contribution in [3.63, 3.8) is 0 Å². The molecule has 1 heterocycles. The highest BCUT2D eigenvalue weighted by Crippen LogP contribution is 2.45. The molecule has 20 heavy (non-hydrogen) atoms. The van der Waals surface area contributed by atoms with Crippen LogP contribution in [-0.2, 0) is 9.59 Å². The maximum atomic E-state index is 12.6. The van der Waals surface area contributed by atoms with Gasteiger partial charge in [0.25, 0.3) is 0 Å². The van der Waals surface area contributed by atoms with E-state index in [0.717, 1.165) is 0 Å².